The average Bonchev–Trinajstić information content (AvgIpc) is 3.04. The second kappa shape index (κ2) is 7.82. The summed E-state index contributed by atoms with van der Waals surface area (Å²) in [4.78, 5) is 14.9. The Labute approximate surface area is 140 Å². The van der Waals surface area contributed by atoms with E-state index in [0.717, 1.165) is 44.8 Å². The Bertz CT molecular complexity index is 499. The minimum Gasteiger partial charge on any atom is -0.497 e. The van der Waals surface area contributed by atoms with Crippen molar-refractivity contribution < 1.29 is 9.53 Å². The van der Waals surface area contributed by atoms with Crippen molar-refractivity contribution in [2.24, 2.45) is 11.3 Å². The summed E-state index contributed by atoms with van der Waals surface area (Å²) in [6.45, 7) is 9.92. The van der Waals surface area contributed by atoms with Crippen LogP contribution in [0, 0.1) is 11.3 Å². The lowest BCUT2D eigenvalue weighted by Gasteiger charge is -2.32. The van der Waals surface area contributed by atoms with Gasteiger partial charge < -0.3 is 15.0 Å². The Morgan fingerprint density at radius 3 is 2.52 bits per heavy atom. The van der Waals surface area contributed by atoms with Gasteiger partial charge in [0, 0.05) is 19.6 Å². The van der Waals surface area contributed by atoms with Crippen molar-refractivity contribution in [2.45, 2.75) is 33.6 Å². The smallest absolute Gasteiger partial charge is 0.227 e. The number of carbonyl (C=O) groups is 1. The summed E-state index contributed by atoms with van der Waals surface area (Å²) in [7, 11) is 1.67. The predicted octanol–water partition coefficient (Wildman–Crippen LogP) is 2.72. The van der Waals surface area contributed by atoms with E-state index in [1.54, 1.807) is 7.11 Å². The molecule has 1 heterocycles. The molecule has 1 amide bonds. The van der Waals surface area contributed by atoms with Crippen LogP contribution in [0.25, 0.3) is 0 Å². The SMILES string of the molecule is COc1ccc(CCN(CC(C)(C)C)C(=O)C2CCNC2)cc1. The van der Waals surface area contributed by atoms with Gasteiger partial charge >= 0.3 is 0 Å². The highest BCUT2D eigenvalue weighted by Gasteiger charge is 2.29. The topological polar surface area (TPSA) is 41.6 Å². The van der Waals surface area contributed by atoms with Gasteiger partial charge in [-0.15, -0.1) is 0 Å². The molecule has 4 nitrogen and oxygen atoms in total. The van der Waals surface area contributed by atoms with Crippen molar-refractivity contribution >= 4 is 5.91 Å². The van der Waals surface area contributed by atoms with E-state index >= 15 is 0 Å². The van der Waals surface area contributed by atoms with Crippen LogP contribution >= 0.6 is 0 Å². The minimum absolute atomic E-state index is 0.113. The molecule has 1 saturated heterocycles. The zero-order valence-electron chi connectivity index (χ0n) is 14.9. The van der Waals surface area contributed by atoms with Gasteiger partial charge in [-0.1, -0.05) is 32.9 Å². The van der Waals surface area contributed by atoms with Gasteiger partial charge in [0.05, 0.1) is 13.0 Å². The zero-order chi connectivity index (χ0) is 16.9. The molecule has 1 aliphatic heterocycles. The Balaban J connectivity index is 1.99. The van der Waals surface area contributed by atoms with E-state index in [0.29, 0.717) is 5.91 Å². The fourth-order valence-electron chi connectivity index (χ4n) is 3.02. The van der Waals surface area contributed by atoms with Crippen molar-refractivity contribution in [3.63, 3.8) is 0 Å². The van der Waals surface area contributed by atoms with Crippen molar-refractivity contribution in [3.05, 3.63) is 29.8 Å². The minimum atomic E-state index is 0.113. The van der Waals surface area contributed by atoms with Crippen LogP contribution in [0.1, 0.15) is 32.8 Å². The monoisotopic (exact) mass is 318 g/mol. The highest BCUT2D eigenvalue weighted by molar-refractivity contribution is 5.79. The number of rotatable bonds is 6. The Hall–Kier alpha value is -1.55. The van der Waals surface area contributed by atoms with Gasteiger partial charge in [-0.3, -0.25) is 4.79 Å². The van der Waals surface area contributed by atoms with Crippen molar-refractivity contribution in [2.75, 3.05) is 33.3 Å². The molecule has 1 aromatic rings. The summed E-state index contributed by atoms with van der Waals surface area (Å²) in [6, 6.07) is 8.11. The molecule has 0 aliphatic carbocycles. The second-order valence-corrected chi connectivity index (χ2v) is 7.61. The molecule has 23 heavy (non-hydrogen) atoms. The van der Waals surface area contributed by atoms with Gasteiger partial charge in [0.15, 0.2) is 0 Å². The van der Waals surface area contributed by atoms with Crippen molar-refractivity contribution in [3.8, 4) is 5.75 Å². The largest absolute Gasteiger partial charge is 0.497 e. The first-order valence-corrected chi connectivity index (χ1v) is 8.51. The highest BCUT2D eigenvalue weighted by Crippen LogP contribution is 2.20. The summed E-state index contributed by atoms with van der Waals surface area (Å²) in [5, 5.41) is 3.30. The number of nitrogens with zero attached hydrogens (tertiary/aromatic N) is 1. The van der Waals surface area contributed by atoms with Crippen LogP contribution < -0.4 is 10.1 Å². The highest BCUT2D eigenvalue weighted by atomic mass is 16.5. The Morgan fingerprint density at radius 1 is 1.30 bits per heavy atom. The molecule has 1 N–H and O–H groups in total. The molecule has 0 saturated carbocycles. The first-order chi connectivity index (χ1) is 10.9. The molecule has 4 heteroatoms. The van der Waals surface area contributed by atoms with Crippen LogP contribution in [-0.2, 0) is 11.2 Å². The van der Waals surface area contributed by atoms with E-state index in [9.17, 15) is 4.79 Å². The molecule has 128 valence electrons. The molecular weight excluding hydrogens is 288 g/mol. The molecule has 1 atom stereocenters. The van der Waals surface area contributed by atoms with Crippen molar-refractivity contribution in [1.29, 1.82) is 0 Å². The normalized spacial score (nSPS) is 18.0. The van der Waals surface area contributed by atoms with Gasteiger partial charge in [-0.25, -0.2) is 0 Å². The first kappa shape index (κ1) is 17.8. The third-order valence-electron chi connectivity index (χ3n) is 4.22. The van der Waals surface area contributed by atoms with Crippen LogP contribution in [0.15, 0.2) is 24.3 Å². The number of nitrogens with one attached hydrogen (secondary N) is 1. The molecule has 1 fully saturated rings. The van der Waals surface area contributed by atoms with Crippen LogP contribution in [0.3, 0.4) is 0 Å². The van der Waals surface area contributed by atoms with Crippen LogP contribution in [0.4, 0.5) is 0 Å². The fourth-order valence-corrected chi connectivity index (χ4v) is 3.02. The van der Waals surface area contributed by atoms with Crippen LogP contribution in [0.5, 0.6) is 5.75 Å². The average molecular weight is 318 g/mol. The van der Waals surface area contributed by atoms with E-state index in [-0.39, 0.29) is 11.3 Å². The Kier molecular flexibility index (Phi) is 6.05. The Morgan fingerprint density at radius 2 is 2.00 bits per heavy atom. The maximum Gasteiger partial charge on any atom is 0.227 e. The maximum absolute atomic E-state index is 12.8. The summed E-state index contributed by atoms with van der Waals surface area (Å²) in [5.41, 5.74) is 1.35. The van der Waals surface area contributed by atoms with Gasteiger partial charge in [0.2, 0.25) is 5.91 Å². The van der Waals surface area contributed by atoms with E-state index < -0.39 is 0 Å². The predicted molar refractivity (Wildman–Crippen MR) is 93.7 cm³/mol. The number of carbonyl (C=O) groups excluding carboxylic acids is 1. The molecular formula is C19H30N2O2. The molecule has 1 unspecified atom stereocenters. The third-order valence-corrected chi connectivity index (χ3v) is 4.22. The van der Waals surface area contributed by atoms with Gasteiger partial charge in [-0.05, 0) is 42.5 Å². The molecule has 0 spiro atoms. The molecule has 1 aliphatic rings. The molecule has 1 aromatic carbocycles. The van der Waals surface area contributed by atoms with Gasteiger partial charge in [0.1, 0.15) is 5.75 Å². The zero-order valence-corrected chi connectivity index (χ0v) is 14.9. The van der Waals surface area contributed by atoms with Crippen molar-refractivity contribution in [1.82, 2.24) is 10.2 Å². The molecule has 0 bridgehead atoms. The van der Waals surface area contributed by atoms with E-state index in [2.05, 4.69) is 43.1 Å². The molecule has 0 radical (unpaired) electrons. The maximum atomic E-state index is 12.8. The van der Waals surface area contributed by atoms with Crippen LogP contribution in [0.2, 0.25) is 0 Å². The third kappa shape index (κ3) is 5.54. The summed E-state index contributed by atoms with van der Waals surface area (Å²) in [6.07, 6.45) is 1.84. The van der Waals surface area contributed by atoms with E-state index in [4.69, 9.17) is 4.74 Å². The lowest BCUT2D eigenvalue weighted by atomic mass is 9.94. The number of benzene rings is 1. The lowest BCUT2D eigenvalue weighted by molar-refractivity contribution is -0.136. The number of amides is 1. The van der Waals surface area contributed by atoms with E-state index in [1.807, 2.05) is 12.1 Å². The summed E-state index contributed by atoms with van der Waals surface area (Å²) < 4.78 is 5.19. The quantitative estimate of drug-likeness (QED) is 0.877. The number of hydrogen-bond acceptors (Lipinski definition) is 3. The first-order valence-electron chi connectivity index (χ1n) is 8.51. The van der Waals surface area contributed by atoms with E-state index in [1.165, 1.54) is 5.56 Å². The molecule has 2 rings (SSSR count). The summed E-state index contributed by atoms with van der Waals surface area (Å²) in [5.74, 6) is 1.32. The molecule has 0 aromatic heterocycles. The van der Waals surface area contributed by atoms with Gasteiger partial charge in [0.25, 0.3) is 0 Å². The lowest BCUT2D eigenvalue weighted by Crippen LogP contribution is -2.42. The second-order valence-electron chi connectivity index (χ2n) is 7.61. The van der Waals surface area contributed by atoms with Gasteiger partial charge in [-0.2, -0.15) is 0 Å². The summed E-state index contributed by atoms with van der Waals surface area (Å²) >= 11 is 0. The standard InChI is InChI=1S/C19H30N2O2/c1-19(2,3)14-21(18(22)16-9-11-20-13-16)12-10-15-5-7-17(23-4)8-6-15/h5-8,16,20H,9-14H2,1-4H3. The number of hydrogen-bond donors (Lipinski definition) is 1. The fraction of sp³-hybridized carbons (Fsp3) is 0.632. The number of ether oxygens (including phenoxy) is 1. The number of methoxy groups -OCH3 is 1. The van der Waals surface area contributed by atoms with Crippen LogP contribution in [-0.4, -0.2) is 44.1 Å².